The van der Waals surface area contributed by atoms with Crippen LogP contribution in [-0.2, 0) is 0 Å². The fraction of sp³-hybridized carbons (Fsp3) is 0.273. The minimum atomic E-state index is 0.988. The second-order valence-corrected chi connectivity index (χ2v) is 5.87. The fourth-order valence-corrected chi connectivity index (χ4v) is 2.53. The monoisotopic (exact) mass is 290 g/mol. The van der Waals surface area contributed by atoms with Gasteiger partial charge >= 0.3 is 0 Å². The van der Waals surface area contributed by atoms with Crippen LogP contribution in [-0.4, -0.2) is 0 Å². The summed E-state index contributed by atoms with van der Waals surface area (Å²) in [6, 6.07) is 0. The molecular weight excluding hydrogens is 264 g/mol. The molecule has 0 unspecified atom stereocenters. The Labute approximate surface area is 135 Å². The zero-order valence-corrected chi connectivity index (χ0v) is 14.0. The number of fused-ring (bicyclic) bond motifs is 2. The lowest BCUT2D eigenvalue weighted by Crippen LogP contribution is -1.90. The summed E-state index contributed by atoms with van der Waals surface area (Å²) in [7, 11) is 0. The van der Waals surface area contributed by atoms with E-state index in [0.717, 1.165) is 12.8 Å². The first-order valence-corrected chi connectivity index (χ1v) is 8.18. The van der Waals surface area contributed by atoms with Crippen molar-refractivity contribution in [2.24, 2.45) is 0 Å². The summed E-state index contributed by atoms with van der Waals surface area (Å²) in [5.41, 5.74) is 6.68. The third kappa shape index (κ3) is 4.73. The zero-order chi connectivity index (χ0) is 15.8. The smallest absolute Gasteiger partial charge is 0.00229 e. The zero-order valence-electron chi connectivity index (χ0n) is 14.0. The summed E-state index contributed by atoms with van der Waals surface area (Å²) >= 11 is 0. The number of hydrogen-bond acceptors (Lipinski definition) is 0. The first-order chi connectivity index (χ1) is 10.7. The predicted molar refractivity (Wildman–Crippen MR) is 98.7 cm³/mol. The SMILES string of the molecule is CCC/C=C/C1=C/C2=CC=CC=C(C2)\C(C)=C\C=C\C=C\1C. The lowest BCUT2D eigenvalue weighted by Gasteiger charge is -2.09. The van der Waals surface area contributed by atoms with E-state index < -0.39 is 0 Å². The number of hydrogen-bond donors (Lipinski definition) is 0. The van der Waals surface area contributed by atoms with Crippen LogP contribution in [0.1, 0.15) is 40.0 Å². The van der Waals surface area contributed by atoms with Crippen LogP contribution in [0.5, 0.6) is 0 Å². The van der Waals surface area contributed by atoms with E-state index in [-0.39, 0.29) is 0 Å². The maximum atomic E-state index is 2.33. The Hall–Kier alpha value is -2.08. The van der Waals surface area contributed by atoms with Crippen LogP contribution in [0.2, 0.25) is 0 Å². The van der Waals surface area contributed by atoms with E-state index in [0.29, 0.717) is 0 Å². The van der Waals surface area contributed by atoms with Gasteiger partial charge in [-0.05, 0) is 54.6 Å². The molecule has 0 heterocycles. The van der Waals surface area contributed by atoms with E-state index in [4.69, 9.17) is 0 Å². The Morgan fingerprint density at radius 3 is 2.36 bits per heavy atom. The van der Waals surface area contributed by atoms with Gasteiger partial charge in [0.1, 0.15) is 0 Å². The highest BCUT2D eigenvalue weighted by Crippen LogP contribution is 2.25. The van der Waals surface area contributed by atoms with Gasteiger partial charge in [0.2, 0.25) is 0 Å². The molecule has 0 aromatic rings. The molecule has 0 aromatic carbocycles. The van der Waals surface area contributed by atoms with E-state index in [1.807, 2.05) is 0 Å². The quantitative estimate of drug-likeness (QED) is 0.553. The van der Waals surface area contributed by atoms with Crippen molar-refractivity contribution in [3.8, 4) is 0 Å². The topological polar surface area (TPSA) is 0 Å². The Morgan fingerprint density at radius 2 is 1.59 bits per heavy atom. The minimum absolute atomic E-state index is 0.988. The Morgan fingerprint density at radius 1 is 0.909 bits per heavy atom. The van der Waals surface area contributed by atoms with Gasteiger partial charge in [-0.2, -0.15) is 0 Å². The highest BCUT2D eigenvalue weighted by molar-refractivity contribution is 5.50. The van der Waals surface area contributed by atoms with E-state index in [1.54, 1.807) is 0 Å². The molecule has 0 saturated carbocycles. The van der Waals surface area contributed by atoms with Gasteiger partial charge in [0.25, 0.3) is 0 Å². The standard InChI is InChI=1S/C22H26/c1-4-5-6-14-21-16-20-13-9-10-15-22(17-20)19(3)12-8-7-11-18(21)2/h6-16H,4-5,17H2,1-3H3/b8-7+,11-7?,12-8?,14-6+,18-11+,19-12+,20-16?,21-16-,21-18?,22-19?. The van der Waals surface area contributed by atoms with Gasteiger partial charge in [-0.25, -0.2) is 0 Å². The predicted octanol–water partition coefficient (Wildman–Crippen LogP) is 6.54. The van der Waals surface area contributed by atoms with Gasteiger partial charge in [-0.1, -0.05) is 80.2 Å². The molecule has 0 fully saturated rings. The van der Waals surface area contributed by atoms with Crippen LogP contribution in [0, 0.1) is 0 Å². The molecule has 2 bridgehead atoms. The van der Waals surface area contributed by atoms with Gasteiger partial charge in [-0.3, -0.25) is 0 Å². The van der Waals surface area contributed by atoms with Gasteiger partial charge < -0.3 is 0 Å². The molecule has 2 rings (SSSR count). The Balaban J connectivity index is 2.44. The fourth-order valence-electron chi connectivity index (χ4n) is 2.53. The van der Waals surface area contributed by atoms with Crippen LogP contribution in [0.3, 0.4) is 0 Å². The summed E-state index contributed by atoms with van der Waals surface area (Å²) < 4.78 is 0. The molecule has 2 aliphatic rings. The normalized spacial score (nSPS) is 27.3. The summed E-state index contributed by atoms with van der Waals surface area (Å²) in [5.74, 6) is 0. The maximum absolute atomic E-state index is 2.33. The summed E-state index contributed by atoms with van der Waals surface area (Å²) in [6.07, 6.45) is 27.6. The van der Waals surface area contributed by atoms with Crippen LogP contribution in [0.4, 0.5) is 0 Å². The molecule has 0 amide bonds. The third-order valence-electron chi connectivity index (χ3n) is 3.97. The van der Waals surface area contributed by atoms with Crippen molar-refractivity contribution < 1.29 is 0 Å². The molecule has 0 nitrogen and oxygen atoms in total. The molecule has 0 saturated heterocycles. The molecule has 0 atom stereocenters. The van der Waals surface area contributed by atoms with Crippen molar-refractivity contribution in [2.75, 3.05) is 0 Å². The number of allylic oxidation sites excluding steroid dienone is 16. The van der Waals surface area contributed by atoms with Crippen molar-refractivity contribution >= 4 is 0 Å². The average molecular weight is 290 g/mol. The second-order valence-electron chi connectivity index (χ2n) is 5.87. The van der Waals surface area contributed by atoms with Gasteiger partial charge in [-0.15, -0.1) is 0 Å². The molecule has 2 aliphatic carbocycles. The second kappa shape index (κ2) is 8.38. The maximum Gasteiger partial charge on any atom is -0.00229 e. The molecule has 0 heteroatoms. The first kappa shape index (κ1) is 16.3. The van der Waals surface area contributed by atoms with Crippen molar-refractivity contribution in [1.29, 1.82) is 0 Å². The minimum Gasteiger partial charge on any atom is -0.0839 e. The molecule has 22 heavy (non-hydrogen) atoms. The third-order valence-corrected chi connectivity index (χ3v) is 3.97. The van der Waals surface area contributed by atoms with Crippen LogP contribution in [0.15, 0.2) is 94.7 Å². The summed E-state index contributed by atoms with van der Waals surface area (Å²) in [5, 5.41) is 0. The number of rotatable bonds is 3. The molecule has 0 N–H and O–H groups in total. The van der Waals surface area contributed by atoms with Gasteiger partial charge in [0.15, 0.2) is 0 Å². The highest BCUT2D eigenvalue weighted by Gasteiger charge is 2.06. The molecular formula is C22H26. The lowest BCUT2D eigenvalue weighted by molar-refractivity contribution is 0.957. The van der Waals surface area contributed by atoms with E-state index in [2.05, 4.69) is 87.6 Å². The van der Waals surface area contributed by atoms with E-state index in [9.17, 15) is 0 Å². The van der Waals surface area contributed by atoms with Crippen molar-refractivity contribution in [2.45, 2.75) is 40.0 Å². The van der Waals surface area contributed by atoms with Crippen molar-refractivity contribution in [3.05, 3.63) is 94.7 Å². The summed E-state index contributed by atoms with van der Waals surface area (Å²) in [4.78, 5) is 0. The van der Waals surface area contributed by atoms with Crippen molar-refractivity contribution in [1.82, 2.24) is 0 Å². The van der Waals surface area contributed by atoms with Crippen LogP contribution in [0.25, 0.3) is 0 Å². The molecule has 0 spiro atoms. The molecule has 0 radical (unpaired) electrons. The first-order valence-electron chi connectivity index (χ1n) is 8.18. The van der Waals surface area contributed by atoms with E-state index >= 15 is 0 Å². The van der Waals surface area contributed by atoms with Gasteiger partial charge in [0, 0.05) is 0 Å². The number of unbranched alkanes of at least 4 members (excludes halogenated alkanes) is 1. The largest absolute Gasteiger partial charge is 0.0839 e. The molecule has 114 valence electrons. The Kier molecular flexibility index (Phi) is 6.21. The van der Waals surface area contributed by atoms with Crippen LogP contribution < -0.4 is 0 Å². The van der Waals surface area contributed by atoms with Gasteiger partial charge in [0.05, 0.1) is 0 Å². The molecule has 0 aromatic heterocycles. The summed E-state index contributed by atoms with van der Waals surface area (Å²) in [6.45, 7) is 6.59. The highest BCUT2D eigenvalue weighted by atomic mass is 14.1. The lowest BCUT2D eigenvalue weighted by atomic mass is 9.96. The average Bonchev–Trinajstić information content (AvgIpc) is 2.76. The van der Waals surface area contributed by atoms with Crippen LogP contribution >= 0.6 is 0 Å². The van der Waals surface area contributed by atoms with E-state index in [1.165, 1.54) is 34.3 Å². The molecule has 0 aliphatic heterocycles. The Bertz CT molecular complexity index is 638. The van der Waals surface area contributed by atoms with Crippen molar-refractivity contribution in [3.63, 3.8) is 0 Å².